The van der Waals surface area contributed by atoms with E-state index in [-0.39, 0.29) is 42.3 Å². The molecule has 1 aromatic carbocycles. The van der Waals surface area contributed by atoms with Crippen molar-refractivity contribution in [1.82, 2.24) is 25.3 Å². The molecule has 9 heteroatoms. The number of halogens is 1. The summed E-state index contributed by atoms with van der Waals surface area (Å²) < 4.78 is 14.7. The second-order valence-corrected chi connectivity index (χ2v) is 7.73. The van der Waals surface area contributed by atoms with Crippen molar-refractivity contribution in [2.45, 2.75) is 52.2 Å². The molecule has 0 spiro atoms. The van der Waals surface area contributed by atoms with Gasteiger partial charge in [0.2, 0.25) is 5.91 Å². The van der Waals surface area contributed by atoms with Crippen LogP contribution in [-0.2, 0) is 17.9 Å². The van der Waals surface area contributed by atoms with Gasteiger partial charge in [0.25, 0.3) is 11.8 Å². The average Bonchev–Trinajstić information content (AvgIpc) is 3.12. The summed E-state index contributed by atoms with van der Waals surface area (Å²) in [6.07, 6.45) is 1.71. The first-order valence-corrected chi connectivity index (χ1v) is 10.6. The monoisotopic (exact) mass is 429 g/mol. The highest BCUT2D eigenvalue weighted by molar-refractivity contribution is 5.98. The molecule has 8 nitrogen and oxygen atoms in total. The van der Waals surface area contributed by atoms with Gasteiger partial charge in [0.1, 0.15) is 11.5 Å². The minimum Gasteiger partial charge on any atom is -0.354 e. The number of hydrogen-bond acceptors (Lipinski definition) is 4. The van der Waals surface area contributed by atoms with E-state index in [4.69, 9.17) is 0 Å². The Morgan fingerprint density at radius 1 is 1.23 bits per heavy atom. The normalized spacial score (nSPS) is 14.5. The Morgan fingerprint density at radius 2 is 1.97 bits per heavy atom. The number of aryl methyl sites for hydroxylation is 1. The second-order valence-electron chi connectivity index (χ2n) is 7.73. The molecule has 1 aromatic heterocycles. The van der Waals surface area contributed by atoms with Gasteiger partial charge in [0.05, 0.1) is 0 Å². The van der Waals surface area contributed by atoms with E-state index in [0.29, 0.717) is 31.7 Å². The van der Waals surface area contributed by atoms with Crippen LogP contribution < -0.4 is 10.6 Å². The van der Waals surface area contributed by atoms with Crippen molar-refractivity contribution in [3.8, 4) is 0 Å². The van der Waals surface area contributed by atoms with E-state index in [9.17, 15) is 18.8 Å². The molecule has 0 fully saturated rings. The maximum Gasteiger partial charge on any atom is 0.272 e. The number of fused-ring (bicyclic) bond motifs is 1. The van der Waals surface area contributed by atoms with Crippen LogP contribution in [0.15, 0.2) is 30.3 Å². The molecule has 0 unspecified atom stereocenters. The van der Waals surface area contributed by atoms with E-state index >= 15 is 0 Å². The molecule has 2 heterocycles. The SMILES string of the molecule is CC[C@@H](C)NC(=O)CCNC(=O)c1cc2n(n1)CCCN(Cc1ccc(F)cc1)C2=O. The van der Waals surface area contributed by atoms with Crippen LogP contribution in [0.3, 0.4) is 0 Å². The lowest BCUT2D eigenvalue weighted by atomic mass is 10.2. The fraction of sp³-hybridized carbons (Fsp3) is 0.455. The van der Waals surface area contributed by atoms with E-state index in [1.165, 1.54) is 18.2 Å². The number of nitrogens with one attached hydrogen (secondary N) is 2. The Hall–Kier alpha value is -3.23. The van der Waals surface area contributed by atoms with Gasteiger partial charge in [-0.25, -0.2) is 4.39 Å². The van der Waals surface area contributed by atoms with Gasteiger partial charge in [0, 0.05) is 44.7 Å². The number of benzene rings is 1. The molecule has 0 saturated carbocycles. The third kappa shape index (κ3) is 5.90. The number of hydrogen-bond donors (Lipinski definition) is 2. The lowest BCUT2D eigenvalue weighted by molar-refractivity contribution is -0.121. The molecule has 31 heavy (non-hydrogen) atoms. The predicted octanol–water partition coefficient (Wildman–Crippen LogP) is 2.10. The Morgan fingerprint density at radius 3 is 2.68 bits per heavy atom. The largest absolute Gasteiger partial charge is 0.354 e. The molecule has 2 aromatic rings. The molecule has 166 valence electrons. The molecular formula is C22H28FN5O3. The van der Waals surface area contributed by atoms with E-state index in [1.54, 1.807) is 21.7 Å². The fourth-order valence-corrected chi connectivity index (χ4v) is 3.34. The van der Waals surface area contributed by atoms with Crippen molar-refractivity contribution in [1.29, 1.82) is 0 Å². The number of nitrogens with zero attached hydrogens (tertiary/aromatic N) is 3. The topological polar surface area (TPSA) is 96.3 Å². The third-order valence-electron chi connectivity index (χ3n) is 5.26. The maximum absolute atomic E-state index is 13.1. The smallest absolute Gasteiger partial charge is 0.272 e. The fourth-order valence-electron chi connectivity index (χ4n) is 3.34. The molecule has 2 N–H and O–H groups in total. The van der Waals surface area contributed by atoms with Crippen LogP contribution >= 0.6 is 0 Å². The van der Waals surface area contributed by atoms with Crippen molar-refractivity contribution in [2.24, 2.45) is 0 Å². The van der Waals surface area contributed by atoms with E-state index < -0.39 is 5.91 Å². The average molecular weight is 429 g/mol. The number of carbonyl (C=O) groups is 3. The Kier molecular flexibility index (Phi) is 7.38. The van der Waals surface area contributed by atoms with Crippen molar-refractivity contribution < 1.29 is 18.8 Å². The van der Waals surface area contributed by atoms with E-state index in [2.05, 4.69) is 15.7 Å². The first-order chi connectivity index (χ1) is 14.9. The molecule has 0 bridgehead atoms. The first-order valence-electron chi connectivity index (χ1n) is 10.6. The zero-order valence-corrected chi connectivity index (χ0v) is 17.9. The first kappa shape index (κ1) is 22.5. The quantitative estimate of drug-likeness (QED) is 0.672. The van der Waals surface area contributed by atoms with Gasteiger partial charge >= 0.3 is 0 Å². The van der Waals surface area contributed by atoms with Crippen LogP contribution in [0.2, 0.25) is 0 Å². The van der Waals surface area contributed by atoms with Crippen LogP contribution in [0, 0.1) is 5.82 Å². The molecule has 1 aliphatic rings. The highest BCUT2D eigenvalue weighted by Crippen LogP contribution is 2.17. The Labute approximate surface area is 180 Å². The molecule has 3 rings (SSSR count). The lowest BCUT2D eigenvalue weighted by Gasteiger charge is -2.20. The number of aromatic nitrogens is 2. The summed E-state index contributed by atoms with van der Waals surface area (Å²) in [7, 11) is 0. The highest BCUT2D eigenvalue weighted by atomic mass is 19.1. The molecule has 0 aliphatic carbocycles. The summed E-state index contributed by atoms with van der Waals surface area (Å²) in [6, 6.07) is 7.62. The van der Waals surface area contributed by atoms with Crippen LogP contribution in [0.5, 0.6) is 0 Å². The summed E-state index contributed by atoms with van der Waals surface area (Å²) in [5.41, 5.74) is 1.32. The Balaban J connectivity index is 1.60. The van der Waals surface area contributed by atoms with Gasteiger partial charge in [-0.1, -0.05) is 19.1 Å². The van der Waals surface area contributed by atoms with E-state index in [1.807, 2.05) is 13.8 Å². The summed E-state index contributed by atoms with van der Waals surface area (Å²) in [5.74, 6) is -1.09. The van der Waals surface area contributed by atoms with Gasteiger partial charge < -0.3 is 15.5 Å². The van der Waals surface area contributed by atoms with Crippen molar-refractivity contribution in [3.63, 3.8) is 0 Å². The molecular weight excluding hydrogens is 401 g/mol. The summed E-state index contributed by atoms with van der Waals surface area (Å²) in [5, 5.41) is 9.80. The molecule has 3 amide bonds. The minimum absolute atomic E-state index is 0.0934. The standard InChI is InChI=1S/C22H28FN5O3/c1-3-15(2)25-20(29)9-10-24-21(30)18-13-19-22(31)27(11-4-12-28(19)26-18)14-16-5-7-17(23)8-6-16/h5-8,13,15H,3-4,9-12,14H2,1-2H3,(H,24,30)(H,25,29)/t15-/m1/s1. The maximum atomic E-state index is 13.1. The zero-order chi connectivity index (χ0) is 22.4. The zero-order valence-electron chi connectivity index (χ0n) is 17.9. The van der Waals surface area contributed by atoms with Gasteiger partial charge in [0.15, 0.2) is 5.69 Å². The van der Waals surface area contributed by atoms with Gasteiger partial charge in [-0.15, -0.1) is 0 Å². The predicted molar refractivity (Wildman–Crippen MR) is 113 cm³/mol. The summed E-state index contributed by atoms with van der Waals surface area (Å²) in [4.78, 5) is 38.9. The van der Waals surface area contributed by atoms with Crippen LogP contribution in [0.1, 0.15) is 59.7 Å². The van der Waals surface area contributed by atoms with Crippen molar-refractivity contribution >= 4 is 17.7 Å². The van der Waals surface area contributed by atoms with Crippen LogP contribution in [0.4, 0.5) is 4.39 Å². The second kappa shape index (κ2) is 10.2. The van der Waals surface area contributed by atoms with Gasteiger partial charge in [-0.2, -0.15) is 5.10 Å². The number of amides is 3. The minimum atomic E-state index is -0.421. The third-order valence-corrected chi connectivity index (χ3v) is 5.26. The molecule has 1 atom stereocenters. The van der Waals surface area contributed by atoms with Crippen molar-refractivity contribution in [3.05, 3.63) is 53.1 Å². The highest BCUT2D eigenvalue weighted by Gasteiger charge is 2.26. The van der Waals surface area contributed by atoms with E-state index in [0.717, 1.165) is 12.0 Å². The molecule has 0 radical (unpaired) electrons. The van der Waals surface area contributed by atoms with Gasteiger partial charge in [-0.3, -0.25) is 19.1 Å². The molecule has 1 aliphatic heterocycles. The van der Waals surface area contributed by atoms with Gasteiger partial charge in [-0.05, 0) is 37.5 Å². The van der Waals surface area contributed by atoms with Crippen molar-refractivity contribution in [2.75, 3.05) is 13.1 Å². The Bertz CT molecular complexity index is 941. The molecule has 0 saturated heterocycles. The number of rotatable bonds is 8. The van der Waals surface area contributed by atoms with Crippen LogP contribution in [-0.4, -0.2) is 51.5 Å². The summed E-state index contributed by atoms with van der Waals surface area (Å²) >= 11 is 0. The summed E-state index contributed by atoms with van der Waals surface area (Å²) in [6.45, 7) is 5.52. The van der Waals surface area contributed by atoms with Crippen LogP contribution in [0.25, 0.3) is 0 Å². The number of carbonyl (C=O) groups excluding carboxylic acids is 3. The lowest BCUT2D eigenvalue weighted by Crippen LogP contribution is -2.35.